The second kappa shape index (κ2) is 4.75. The minimum atomic E-state index is -0.000417. The fraction of sp³-hybridized carbons (Fsp3) is 0.200. The van der Waals surface area contributed by atoms with E-state index in [0.717, 1.165) is 12.1 Å². The molecule has 0 unspecified atom stereocenters. The minimum absolute atomic E-state index is 0.000417. The van der Waals surface area contributed by atoms with Crippen molar-refractivity contribution in [2.75, 3.05) is 5.32 Å². The summed E-state index contributed by atoms with van der Waals surface area (Å²) in [6.07, 6.45) is 4.73. The number of hydrogen-bond donors (Lipinski definition) is 2. The van der Waals surface area contributed by atoms with E-state index in [9.17, 15) is 4.79 Å². The van der Waals surface area contributed by atoms with Crippen LogP contribution in [0.4, 0.5) is 5.13 Å². The summed E-state index contributed by atoms with van der Waals surface area (Å²) in [7, 11) is 0. The predicted molar refractivity (Wildman–Crippen MR) is 59.9 cm³/mol. The van der Waals surface area contributed by atoms with Crippen molar-refractivity contribution in [2.24, 2.45) is 0 Å². The van der Waals surface area contributed by atoms with Crippen LogP contribution in [0, 0.1) is 0 Å². The van der Waals surface area contributed by atoms with Gasteiger partial charge in [-0.1, -0.05) is 0 Å². The summed E-state index contributed by atoms with van der Waals surface area (Å²) >= 11 is 1.42. The third-order valence-electron chi connectivity index (χ3n) is 1.96. The number of aromatic nitrogens is 2. The van der Waals surface area contributed by atoms with Crippen molar-refractivity contribution in [1.29, 1.82) is 0 Å². The van der Waals surface area contributed by atoms with Gasteiger partial charge in [0.1, 0.15) is 0 Å². The molecule has 0 bridgehead atoms. The van der Waals surface area contributed by atoms with E-state index < -0.39 is 0 Å². The number of hydrogen-bond acceptors (Lipinski definition) is 3. The zero-order valence-corrected chi connectivity index (χ0v) is 8.88. The first kappa shape index (κ1) is 9.92. The lowest BCUT2D eigenvalue weighted by Crippen LogP contribution is -2.12. The summed E-state index contributed by atoms with van der Waals surface area (Å²) in [5.41, 5.74) is 1.07. The molecule has 0 radical (unpaired) electrons. The molecule has 2 heterocycles. The lowest BCUT2D eigenvalue weighted by molar-refractivity contribution is -0.116. The second-order valence-corrected chi connectivity index (χ2v) is 3.98. The van der Waals surface area contributed by atoms with Crippen LogP contribution in [-0.4, -0.2) is 15.9 Å². The average molecular weight is 221 g/mol. The van der Waals surface area contributed by atoms with Crippen molar-refractivity contribution in [3.63, 3.8) is 0 Å². The Morgan fingerprint density at radius 2 is 2.53 bits per heavy atom. The summed E-state index contributed by atoms with van der Waals surface area (Å²) in [5.74, 6) is -0.000417. The average Bonchev–Trinajstić information content (AvgIpc) is 2.86. The molecular weight excluding hydrogens is 210 g/mol. The van der Waals surface area contributed by atoms with Crippen molar-refractivity contribution in [3.8, 4) is 0 Å². The van der Waals surface area contributed by atoms with Crippen LogP contribution >= 0.6 is 11.3 Å². The van der Waals surface area contributed by atoms with Crippen LogP contribution in [0.3, 0.4) is 0 Å². The number of anilines is 1. The Labute approximate surface area is 91.4 Å². The van der Waals surface area contributed by atoms with Crippen molar-refractivity contribution < 1.29 is 4.79 Å². The molecule has 0 aliphatic carbocycles. The van der Waals surface area contributed by atoms with Crippen LogP contribution in [0.1, 0.15) is 12.1 Å². The molecule has 78 valence electrons. The van der Waals surface area contributed by atoms with Gasteiger partial charge >= 0.3 is 0 Å². The monoisotopic (exact) mass is 221 g/mol. The molecule has 2 aromatic heterocycles. The van der Waals surface area contributed by atoms with Crippen molar-refractivity contribution in [1.82, 2.24) is 9.97 Å². The molecule has 15 heavy (non-hydrogen) atoms. The maximum absolute atomic E-state index is 11.4. The van der Waals surface area contributed by atoms with E-state index in [2.05, 4.69) is 15.3 Å². The Balaban J connectivity index is 1.78. The normalized spacial score (nSPS) is 10.1. The zero-order valence-electron chi connectivity index (χ0n) is 8.06. The summed E-state index contributed by atoms with van der Waals surface area (Å²) in [5, 5.41) is 5.23. The second-order valence-electron chi connectivity index (χ2n) is 3.08. The first-order chi connectivity index (χ1) is 7.34. The molecule has 0 fully saturated rings. The van der Waals surface area contributed by atoms with E-state index >= 15 is 0 Å². The lowest BCUT2D eigenvalue weighted by atomic mass is 10.2. The first-order valence-corrected chi connectivity index (χ1v) is 5.54. The summed E-state index contributed by atoms with van der Waals surface area (Å²) in [4.78, 5) is 18.5. The molecule has 0 saturated carbocycles. The molecule has 2 aromatic rings. The van der Waals surface area contributed by atoms with Crippen molar-refractivity contribution in [3.05, 3.63) is 35.6 Å². The van der Waals surface area contributed by atoms with Gasteiger partial charge in [-0.05, 0) is 18.6 Å². The van der Waals surface area contributed by atoms with Crippen LogP contribution in [0.2, 0.25) is 0 Å². The Kier molecular flexibility index (Phi) is 3.14. The predicted octanol–water partition coefficient (Wildman–Crippen LogP) is 2.04. The highest BCUT2D eigenvalue weighted by atomic mass is 32.1. The third-order valence-corrected chi connectivity index (χ3v) is 2.65. The number of carbonyl (C=O) groups excluding carboxylic acids is 1. The van der Waals surface area contributed by atoms with Gasteiger partial charge in [0, 0.05) is 29.9 Å². The van der Waals surface area contributed by atoms with Gasteiger partial charge in [-0.2, -0.15) is 0 Å². The summed E-state index contributed by atoms with van der Waals surface area (Å²) < 4.78 is 0. The summed E-state index contributed by atoms with van der Waals surface area (Å²) in [6, 6.07) is 3.89. The molecule has 2 rings (SSSR count). The molecular formula is C10H11N3OS. The number of carbonyl (C=O) groups is 1. The Bertz CT molecular complexity index is 408. The van der Waals surface area contributed by atoms with Gasteiger partial charge in [-0.25, -0.2) is 4.98 Å². The Morgan fingerprint density at radius 1 is 1.60 bits per heavy atom. The molecule has 2 N–H and O–H groups in total. The highest BCUT2D eigenvalue weighted by Gasteiger charge is 2.04. The van der Waals surface area contributed by atoms with Crippen molar-refractivity contribution in [2.45, 2.75) is 12.8 Å². The maximum atomic E-state index is 11.4. The summed E-state index contributed by atoms with van der Waals surface area (Å²) in [6.45, 7) is 0. The molecule has 0 saturated heterocycles. The van der Waals surface area contributed by atoms with Gasteiger partial charge < -0.3 is 10.3 Å². The number of nitrogens with zero attached hydrogens (tertiary/aromatic N) is 1. The van der Waals surface area contributed by atoms with Gasteiger partial charge in [0.05, 0.1) is 0 Å². The number of nitrogens with one attached hydrogen (secondary N) is 2. The van der Waals surface area contributed by atoms with E-state index in [1.165, 1.54) is 11.3 Å². The van der Waals surface area contributed by atoms with Gasteiger partial charge in [0.25, 0.3) is 0 Å². The quantitative estimate of drug-likeness (QED) is 0.830. The number of rotatable bonds is 4. The molecule has 0 spiro atoms. The van der Waals surface area contributed by atoms with Crippen LogP contribution in [-0.2, 0) is 11.2 Å². The third kappa shape index (κ3) is 2.92. The highest BCUT2D eigenvalue weighted by molar-refractivity contribution is 7.13. The van der Waals surface area contributed by atoms with E-state index in [-0.39, 0.29) is 5.91 Å². The number of aromatic amines is 1. The molecule has 4 nitrogen and oxygen atoms in total. The highest BCUT2D eigenvalue weighted by Crippen LogP contribution is 2.10. The van der Waals surface area contributed by atoms with Crippen LogP contribution in [0.5, 0.6) is 0 Å². The van der Waals surface area contributed by atoms with Crippen LogP contribution in [0.25, 0.3) is 0 Å². The Hall–Kier alpha value is -1.62. The molecule has 0 aliphatic heterocycles. The number of amides is 1. The molecule has 0 aromatic carbocycles. The number of H-pyrrole nitrogens is 1. The van der Waals surface area contributed by atoms with Crippen LogP contribution in [0.15, 0.2) is 29.9 Å². The molecule has 5 heteroatoms. The smallest absolute Gasteiger partial charge is 0.226 e. The van der Waals surface area contributed by atoms with Gasteiger partial charge in [0.2, 0.25) is 5.91 Å². The van der Waals surface area contributed by atoms with Gasteiger partial charge in [-0.15, -0.1) is 11.3 Å². The standard InChI is InChI=1S/C10H11N3OS/c14-9(13-10-12-6-7-15-10)4-3-8-2-1-5-11-8/h1-2,5-7,11H,3-4H2,(H,12,13,14). The van der Waals surface area contributed by atoms with Crippen LogP contribution < -0.4 is 5.32 Å². The van der Waals surface area contributed by atoms with E-state index in [1.807, 2.05) is 23.7 Å². The minimum Gasteiger partial charge on any atom is -0.365 e. The lowest BCUT2D eigenvalue weighted by Gasteiger charge is -2.00. The first-order valence-electron chi connectivity index (χ1n) is 4.66. The SMILES string of the molecule is O=C(CCc1ccc[nH]1)Nc1nccs1. The number of thiazole rings is 1. The van der Waals surface area contributed by atoms with Gasteiger partial charge in [0.15, 0.2) is 5.13 Å². The fourth-order valence-corrected chi connectivity index (χ4v) is 1.78. The van der Waals surface area contributed by atoms with Gasteiger partial charge in [-0.3, -0.25) is 4.79 Å². The van der Waals surface area contributed by atoms with E-state index in [0.29, 0.717) is 11.6 Å². The topological polar surface area (TPSA) is 57.8 Å². The van der Waals surface area contributed by atoms with E-state index in [1.54, 1.807) is 6.20 Å². The molecule has 0 atom stereocenters. The Morgan fingerprint density at radius 3 is 3.20 bits per heavy atom. The largest absolute Gasteiger partial charge is 0.365 e. The number of aryl methyl sites for hydroxylation is 1. The zero-order chi connectivity index (χ0) is 10.5. The molecule has 0 aliphatic rings. The van der Waals surface area contributed by atoms with Crippen molar-refractivity contribution >= 4 is 22.4 Å². The molecule has 1 amide bonds. The fourth-order valence-electron chi connectivity index (χ4n) is 1.24. The van der Waals surface area contributed by atoms with E-state index in [4.69, 9.17) is 0 Å². The maximum Gasteiger partial charge on any atom is 0.226 e.